The highest BCUT2D eigenvalue weighted by atomic mass is 16.6. The van der Waals surface area contributed by atoms with Crippen molar-refractivity contribution in [3.8, 4) is 0 Å². The van der Waals surface area contributed by atoms with Crippen LogP contribution in [0.4, 0.5) is 0 Å². The van der Waals surface area contributed by atoms with Crippen molar-refractivity contribution in [1.29, 1.82) is 0 Å². The van der Waals surface area contributed by atoms with Crippen LogP contribution in [0.3, 0.4) is 0 Å². The quantitative estimate of drug-likeness (QED) is 0.0261. The first-order valence-corrected chi connectivity index (χ1v) is 31.6. The smallest absolute Gasteiger partial charge is 0.306 e. The van der Waals surface area contributed by atoms with E-state index in [2.05, 4.69) is 106 Å². The Labute approximate surface area is 458 Å². The molecule has 0 aliphatic rings. The second-order valence-corrected chi connectivity index (χ2v) is 20.9. The third-order valence-electron chi connectivity index (χ3n) is 13.6. The van der Waals surface area contributed by atoms with Crippen LogP contribution in [0.15, 0.2) is 85.1 Å². The first kappa shape index (κ1) is 70.6. The van der Waals surface area contributed by atoms with Crippen molar-refractivity contribution >= 4 is 17.9 Å². The lowest BCUT2D eigenvalue weighted by molar-refractivity contribution is -0.167. The standard InChI is InChI=1S/C68H118O6/c1-4-7-10-13-16-19-22-25-27-29-30-31-32-33-34-35-36-37-38-40-41-43-46-49-52-55-58-61-67(70)73-64-65(63-72-66(69)60-57-54-51-48-45-24-21-18-15-12-9-6-3)74-68(71)62-59-56-53-50-47-44-42-39-28-26-23-20-17-14-11-8-5-2/h7,10,16-21,25-28,30-31,65H,4-6,8-9,11-15,22-24,29,32-64H2,1-3H3/b10-7-,19-16-,20-17-,21-18-,27-25-,28-26-,31-30-. The molecular weight excluding hydrogens is 913 g/mol. The van der Waals surface area contributed by atoms with Gasteiger partial charge in [0, 0.05) is 19.3 Å². The summed E-state index contributed by atoms with van der Waals surface area (Å²) in [6, 6.07) is 0. The summed E-state index contributed by atoms with van der Waals surface area (Å²) in [5.41, 5.74) is 0. The predicted octanol–water partition coefficient (Wildman–Crippen LogP) is 21.5. The monoisotopic (exact) mass is 1030 g/mol. The Morgan fingerprint density at radius 3 is 0.838 bits per heavy atom. The van der Waals surface area contributed by atoms with Gasteiger partial charge in [0.05, 0.1) is 0 Å². The van der Waals surface area contributed by atoms with E-state index in [1.165, 1.54) is 167 Å². The molecular formula is C68H118O6. The molecule has 0 N–H and O–H groups in total. The predicted molar refractivity (Wildman–Crippen MR) is 321 cm³/mol. The zero-order chi connectivity index (χ0) is 53.6. The van der Waals surface area contributed by atoms with E-state index in [-0.39, 0.29) is 31.1 Å². The number of allylic oxidation sites excluding steroid dienone is 14. The van der Waals surface area contributed by atoms with Gasteiger partial charge in [0.25, 0.3) is 0 Å². The lowest BCUT2D eigenvalue weighted by atomic mass is 10.0. The Balaban J connectivity index is 4.25. The second-order valence-electron chi connectivity index (χ2n) is 20.9. The van der Waals surface area contributed by atoms with E-state index < -0.39 is 6.10 Å². The van der Waals surface area contributed by atoms with Gasteiger partial charge in [0.15, 0.2) is 6.10 Å². The van der Waals surface area contributed by atoms with Gasteiger partial charge in [0.1, 0.15) is 13.2 Å². The molecule has 6 heteroatoms. The highest BCUT2D eigenvalue weighted by Crippen LogP contribution is 2.16. The Bertz CT molecular complexity index is 1420. The van der Waals surface area contributed by atoms with Crippen LogP contribution in [0.2, 0.25) is 0 Å². The van der Waals surface area contributed by atoms with E-state index in [0.717, 1.165) is 103 Å². The fourth-order valence-electron chi connectivity index (χ4n) is 8.87. The molecule has 0 aromatic heterocycles. The fraction of sp³-hybridized carbons (Fsp3) is 0.750. The highest BCUT2D eigenvalue weighted by molar-refractivity contribution is 5.71. The number of ether oxygens (including phenoxy) is 3. The number of hydrogen-bond donors (Lipinski definition) is 0. The molecule has 0 aromatic rings. The van der Waals surface area contributed by atoms with Crippen molar-refractivity contribution < 1.29 is 28.6 Å². The van der Waals surface area contributed by atoms with Gasteiger partial charge in [-0.3, -0.25) is 14.4 Å². The summed E-state index contributed by atoms with van der Waals surface area (Å²) >= 11 is 0. The first-order valence-electron chi connectivity index (χ1n) is 31.6. The largest absolute Gasteiger partial charge is 0.462 e. The zero-order valence-corrected chi connectivity index (χ0v) is 48.8. The molecule has 0 saturated heterocycles. The van der Waals surface area contributed by atoms with Gasteiger partial charge in [-0.2, -0.15) is 0 Å². The topological polar surface area (TPSA) is 78.9 Å². The molecule has 1 atom stereocenters. The summed E-state index contributed by atoms with van der Waals surface area (Å²) in [6.45, 7) is 6.49. The first-order chi connectivity index (χ1) is 36.5. The fourth-order valence-corrected chi connectivity index (χ4v) is 8.87. The van der Waals surface area contributed by atoms with Crippen molar-refractivity contribution in [2.75, 3.05) is 13.2 Å². The van der Waals surface area contributed by atoms with Gasteiger partial charge < -0.3 is 14.2 Å². The average Bonchev–Trinajstić information content (AvgIpc) is 3.40. The number of esters is 3. The lowest BCUT2D eigenvalue weighted by Gasteiger charge is -2.18. The van der Waals surface area contributed by atoms with Crippen molar-refractivity contribution in [2.45, 2.75) is 316 Å². The minimum Gasteiger partial charge on any atom is -0.462 e. The molecule has 0 radical (unpaired) electrons. The van der Waals surface area contributed by atoms with Gasteiger partial charge in [-0.15, -0.1) is 0 Å². The Kier molecular flexibility index (Phi) is 59.3. The molecule has 0 saturated carbocycles. The molecule has 0 aromatic carbocycles. The second kappa shape index (κ2) is 62.1. The van der Waals surface area contributed by atoms with E-state index in [1.54, 1.807) is 0 Å². The van der Waals surface area contributed by atoms with Gasteiger partial charge in [0.2, 0.25) is 0 Å². The normalized spacial score (nSPS) is 12.6. The van der Waals surface area contributed by atoms with E-state index in [4.69, 9.17) is 14.2 Å². The molecule has 0 bridgehead atoms. The summed E-state index contributed by atoms with van der Waals surface area (Å²) in [5.74, 6) is -0.888. The average molecular weight is 1030 g/mol. The Hall–Kier alpha value is -3.41. The van der Waals surface area contributed by atoms with Crippen LogP contribution in [0, 0.1) is 0 Å². The molecule has 0 fully saturated rings. The summed E-state index contributed by atoms with van der Waals surface area (Å²) in [6.07, 6.45) is 81.6. The molecule has 74 heavy (non-hydrogen) atoms. The summed E-state index contributed by atoms with van der Waals surface area (Å²) in [7, 11) is 0. The minimum atomic E-state index is -0.784. The zero-order valence-electron chi connectivity index (χ0n) is 48.8. The highest BCUT2D eigenvalue weighted by Gasteiger charge is 2.19. The van der Waals surface area contributed by atoms with Gasteiger partial charge in [-0.05, 0) is 116 Å². The maximum absolute atomic E-state index is 12.9. The van der Waals surface area contributed by atoms with Crippen LogP contribution in [-0.4, -0.2) is 37.2 Å². The molecule has 0 heterocycles. The molecule has 0 aliphatic heterocycles. The van der Waals surface area contributed by atoms with E-state index >= 15 is 0 Å². The number of carbonyl (C=O) groups excluding carboxylic acids is 3. The van der Waals surface area contributed by atoms with Crippen LogP contribution in [-0.2, 0) is 28.6 Å². The third-order valence-corrected chi connectivity index (χ3v) is 13.6. The lowest BCUT2D eigenvalue weighted by Crippen LogP contribution is -2.30. The van der Waals surface area contributed by atoms with Gasteiger partial charge in [-0.25, -0.2) is 0 Å². The van der Waals surface area contributed by atoms with Crippen LogP contribution in [0.1, 0.15) is 310 Å². The molecule has 6 nitrogen and oxygen atoms in total. The van der Waals surface area contributed by atoms with E-state index in [1.807, 2.05) is 0 Å². The number of hydrogen-bond acceptors (Lipinski definition) is 6. The van der Waals surface area contributed by atoms with Crippen LogP contribution in [0.5, 0.6) is 0 Å². The molecule has 0 aliphatic carbocycles. The van der Waals surface area contributed by atoms with E-state index in [0.29, 0.717) is 19.3 Å². The van der Waals surface area contributed by atoms with Crippen LogP contribution in [0.25, 0.3) is 0 Å². The number of rotatable bonds is 57. The molecule has 426 valence electrons. The Morgan fingerprint density at radius 2 is 0.527 bits per heavy atom. The van der Waals surface area contributed by atoms with Crippen molar-refractivity contribution in [2.24, 2.45) is 0 Å². The molecule has 0 rings (SSSR count). The molecule has 0 amide bonds. The minimum absolute atomic E-state index is 0.0808. The summed E-state index contributed by atoms with van der Waals surface area (Å²) in [5, 5.41) is 0. The summed E-state index contributed by atoms with van der Waals surface area (Å²) in [4.78, 5) is 38.2. The van der Waals surface area contributed by atoms with Gasteiger partial charge in [-0.1, -0.05) is 260 Å². The Morgan fingerprint density at radius 1 is 0.284 bits per heavy atom. The number of unbranched alkanes of at least 4 members (excludes halogenated alkanes) is 32. The summed E-state index contributed by atoms with van der Waals surface area (Å²) < 4.78 is 16.9. The molecule has 0 spiro atoms. The van der Waals surface area contributed by atoms with Crippen LogP contribution < -0.4 is 0 Å². The third kappa shape index (κ3) is 59.5. The maximum atomic E-state index is 12.9. The maximum Gasteiger partial charge on any atom is 0.306 e. The molecule has 1 unspecified atom stereocenters. The van der Waals surface area contributed by atoms with Gasteiger partial charge >= 0.3 is 17.9 Å². The van der Waals surface area contributed by atoms with Crippen molar-refractivity contribution in [3.05, 3.63) is 85.1 Å². The van der Waals surface area contributed by atoms with Crippen LogP contribution >= 0.6 is 0 Å². The van der Waals surface area contributed by atoms with Crippen molar-refractivity contribution in [1.82, 2.24) is 0 Å². The SMILES string of the molecule is CC/C=C\C/C=C\C/C=C\C/C=C\CCCCCCCCCCCCCCCCC(=O)OCC(COC(=O)CCCCCCC/C=C\CCCCC)OC(=O)CCCCCCCCC/C=C\C/C=C\CCCCC. The van der Waals surface area contributed by atoms with Crippen molar-refractivity contribution in [3.63, 3.8) is 0 Å². The number of carbonyl (C=O) groups is 3. The van der Waals surface area contributed by atoms with E-state index in [9.17, 15) is 14.4 Å².